The molecular weight excluding hydrogens is 207 g/mol. The molecule has 12 heavy (non-hydrogen) atoms. The highest BCUT2D eigenvalue weighted by molar-refractivity contribution is 7.99. The monoisotopic (exact) mass is 220 g/mol. The van der Waals surface area contributed by atoms with Gasteiger partial charge in [-0.3, -0.25) is 0 Å². The summed E-state index contributed by atoms with van der Waals surface area (Å²) in [5.41, 5.74) is 0. The number of thioether (sulfide) groups is 1. The fraction of sp³-hybridized carbons (Fsp3) is 1.00. The number of aliphatic hydroxyl groups is 2. The molecule has 0 aromatic heterocycles. The van der Waals surface area contributed by atoms with E-state index in [-0.39, 0.29) is 13.2 Å². The minimum Gasteiger partial charge on any atom is -0.396 e. The summed E-state index contributed by atoms with van der Waals surface area (Å²) in [5, 5.41) is 16.4. The van der Waals surface area contributed by atoms with Gasteiger partial charge in [-0.1, -0.05) is 0 Å². The van der Waals surface area contributed by atoms with Crippen LogP contribution >= 0.6 is 19.6 Å². The lowest BCUT2D eigenvalue weighted by molar-refractivity contribution is 0.275. The fourth-order valence-electron chi connectivity index (χ4n) is 0.231. The second-order valence-corrected chi connectivity index (χ2v) is 3.82. The Balaban J connectivity index is 0. The number of phosphoric acid groups is 1. The molecule has 6 nitrogen and oxygen atoms in total. The standard InChI is InChI=1S/C4H10O2S.H3O4P/c5-1-3-7-4-2-6;1-5(2,3)4/h5-6H,1-4H2;(H3,1,2,3,4). The zero-order valence-electron chi connectivity index (χ0n) is 6.33. The molecule has 0 aliphatic rings. The van der Waals surface area contributed by atoms with Crippen LogP contribution in [0.2, 0.25) is 0 Å². The van der Waals surface area contributed by atoms with Gasteiger partial charge in [-0.2, -0.15) is 11.8 Å². The van der Waals surface area contributed by atoms with Crippen LogP contribution in [0.3, 0.4) is 0 Å². The van der Waals surface area contributed by atoms with E-state index in [4.69, 9.17) is 29.5 Å². The highest BCUT2D eigenvalue weighted by Gasteiger charge is 2.00. The molecule has 0 spiro atoms. The van der Waals surface area contributed by atoms with Gasteiger partial charge in [-0.15, -0.1) is 0 Å². The molecule has 0 saturated heterocycles. The molecule has 0 saturated carbocycles. The lowest BCUT2D eigenvalue weighted by Gasteiger charge is -1.90. The van der Waals surface area contributed by atoms with Crippen LogP contribution < -0.4 is 0 Å². The van der Waals surface area contributed by atoms with Crippen LogP contribution in [0.1, 0.15) is 0 Å². The quantitative estimate of drug-likeness (QED) is 0.297. The van der Waals surface area contributed by atoms with Crippen LogP contribution in [0.15, 0.2) is 0 Å². The van der Waals surface area contributed by atoms with E-state index in [2.05, 4.69) is 0 Å². The molecule has 0 radical (unpaired) electrons. The van der Waals surface area contributed by atoms with Gasteiger partial charge in [0.15, 0.2) is 0 Å². The maximum absolute atomic E-state index is 8.88. The first-order valence-electron chi connectivity index (χ1n) is 2.99. The summed E-state index contributed by atoms with van der Waals surface area (Å²) >= 11 is 1.55. The van der Waals surface area contributed by atoms with E-state index in [1.807, 2.05) is 0 Å². The van der Waals surface area contributed by atoms with Gasteiger partial charge in [0.1, 0.15) is 0 Å². The molecule has 0 heterocycles. The van der Waals surface area contributed by atoms with E-state index in [9.17, 15) is 0 Å². The highest BCUT2D eigenvalue weighted by Crippen LogP contribution is 2.25. The number of hydrogen-bond acceptors (Lipinski definition) is 4. The van der Waals surface area contributed by atoms with Gasteiger partial charge in [-0.05, 0) is 0 Å². The molecule has 0 fully saturated rings. The molecular formula is C4H13O6PS. The average molecular weight is 220 g/mol. The van der Waals surface area contributed by atoms with Crippen molar-refractivity contribution < 1.29 is 29.5 Å². The van der Waals surface area contributed by atoms with Crippen molar-refractivity contribution in [2.45, 2.75) is 0 Å². The number of rotatable bonds is 4. The van der Waals surface area contributed by atoms with E-state index in [1.54, 1.807) is 11.8 Å². The van der Waals surface area contributed by atoms with E-state index in [0.29, 0.717) is 0 Å². The van der Waals surface area contributed by atoms with Crippen molar-refractivity contribution in [3.05, 3.63) is 0 Å². The van der Waals surface area contributed by atoms with Gasteiger partial charge in [-0.25, -0.2) is 4.57 Å². The van der Waals surface area contributed by atoms with Gasteiger partial charge in [0.2, 0.25) is 0 Å². The zero-order chi connectivity index (χ0) is 10.0. The molecule has 0 aromatic rings. The van der Waals surface area contributed by atoms with E-state index >= 15 is 0 Å². The maximum atomic E-state index is 8.88. The molecule has 0 aliphatic carbocycles. The normalized spacial score (nSPS) is 10.4. The van der Waals surface area contributed by atoms with Crippen molar-refractivity contribution in [1.82, 2.24) is 0 Å². The van der Waals surface area contributed by atoms with Crippen molar-refractivity contribution in [2.24, 2.45) is 0 Å². The summed E-state index contributed by atoms with van der Waals surface area (Å²) in [4.78, 5) is 21.6. The Morgan fingerprint density at radius 2 is 1.25 bits per heavy atom. The summed E-state index contributed by atoms with van der Waals surface area (Å²) < 4.78 is 8.88. The Hall–Kier alpha value is 0.380. The largest absolute Gasteiger partial charge is 0.466 e. The fourth-order valence-corrected chi connectivity index (χ4v) is 0.693. The minimum atomic E-state index is -4.64. The lowest BCUT2D eigenvalue weighted by Crippen LogP contribution is -1.91. The molecule has 5 N–H and O–H groups in total. The third-order valence-electron chi connectivity index (χ3n) is 0.471. The van der Waals surface area contributed by atoms with Crippen molar-refractivity contribution in [3.63, 3.8) is 0 Å². The molecule has 0 aromatic carbocycles. The first kappa shape index (κ1) is 14.9. The van der Waals surface area contributed by atoms with Crippen LogP contribution in [0, 0.1) is 0 Å². The molecule has 76 valence electrons. The van der Waals surface area contributed by atoms with Crippen molar-refractivity contribution in [2.75, 3.05) is 24.7 Å². The topological polar surface area (TPSA) is 118 Å². The molecule has 0 unspecified atom stereocenters. The van der Waals surface area contributed by atoms with Gasteiger partial charge in [0, 0.05) is 11.5 Å². The second kappa shape index (κ2) is 9.47. The molecule has 0 aliphatic heterocycles. The summed E-state index contributed by atoms with van der Waals surface area (Å²) in [6.07, 6.45) is 0. The first-order chi connectivity index (χ1) is 5.41. The molecule has 8 heteroatoms. The predicted molar refractivity (Wildman–Crippen MR) is 45.8 cm³/mol. The van der Waals surface area contributed by atoms with Crippen LogP contribution in [0.5, 0.6) is 0 Å². The van der Waals surface area contributed by atoms with Crippen LogP contribution in [0.25, 0.3) is 0 Å². The van der Waals surface area contributed by atoms with Gasteiger partial charge in [0.05, 0.1) is 13.2 Å². The molecule has 0 atom stereocenters. The Morgan fingerprint density at radius 3 is 1.42 bits per heavy atom. The SMILES string of the molecule is O=P(O)(O)O.OCCSCCO. The summed E-state index contributed by atoms with van der Waals surface area (Å²) in [6.45, 7) is 0.426. The summed E-state index contributed by atoms with van der Waals surface area (Å²) in [7, 11) is -4.64. The Kier molecular flexibility index (Phi) is 11.7. The maximum Gasteiger partial charge on any atom is 0.466 e. The Bertz CT molecular complexity index is 112. The number of hydrogen-bond donors (Lipinski definition) is 5. The number of aliphatic hydroxyl groups excluding tert-OH is 2. The summed E-state index contributed by atoms with van der Waals surface area (Å²) in [6, 6.07) is 0. The molecule has 0 bridgehead atoms. The Morgan fingerprint density at radius 1 is 1.00 bits per heavy atom. The lowest BCUT2D eigenvalue weighted by atomic mass is 10.9. The second-order valence-electron chi connectivity index (χ2n) is 1.57. The first-order valence-corrected chi connectivity index (χ1v) is 5.71. The Labute approximate surface area is 74.5 Å². The van der Waals surface area contributed by atoms with Crippen molar-refractivity contribution in [3.8, 4) is 0 Å². The van der Waals surface area contributed by atoms with Gasteiger partial charge >= 0.3 is 7.82 Å². The molecule has 0 rings (SSSR count). The van der Waals surface area contributed by atoms with E-state index in [1.165, 1.54) is 0 Å². The van der Waals surface area contributed by atoms with E-state index in [0.717, 1.165) is 11.5 Å². The third-order valence-corrected chi connectivity index (χ3v) is 1.41. The van der Waals surface area contributed by atoms with Crippen LogP contribution in [-0.4, -0.2) is 49.6 Å². The van der Waals surface area contributed by atoms with Gasteiger partial charge < -0.3 is 24.9 Å². The van der Waals surface area contributed by atoms with Crippen molar-refractivity contribution in [1.29, 1.82) is 0 Å². The average Bonchev–Trinajstić information content (AvgIpc) is 1.85. The van der Waals surface area contributed by atoms with E-state index < -0.39 is 7.82 Å². The van der Waals surface area contributed by atoms with Crippen LogP contribution in [-0.2, 0) is 4.57 Å². The van der Waals surface area contributed by atoms with Gasteiger partial charge in [0.25, 0.3) is 0 Å². The predicted octanol–water partition coefficient (Wildman–Crippen LogP) is -1.22. The van der Waals surface area contributed by atoms with Crippen molar-refractivity contribution >= 4 is 19.6 Å². The third kappa shape index (κ3) is 47.6. The van der Waals surface area contributed by atoms with Crippen LogP contribution in [0.4, 0.5) is 0 Å². The highest BCUT2D eigenvalue weighted by atomic mass is 32.2. The smallest absolute Gasteiger partial charge is 0.396 e. The minimum absolute atomic E-state index is 0.213. The molecule has 0 amide bonds. The summed E-state index contributed by atoms with van der Waals surface area (Å²) in [5.74, 6) is 1.47. The zero-order valence-corrected chi connectivity index (χ0v) is 8.04.